The first kappa shape index (κ1) is 30.1. The summed E-state index contributed by atoms with van der Waals surface area (Å²) in [6.07, 6.45) is 0. The van der Waals surface area contributed by atoms with E-state index in [4.69, 9.17) is 14.4 Å². The normalized spacial score (nSPS) is 11.7. The van der Waals surface area contributed by atoms with Gasteiger partial charge in [-0.05, 0) is 73.5 Å². The summed E-state index contributed by atoms with van der Waals surface area (Å²) in [5.74, 6) is 0.661. The summed E-state index contributed by atoms with van der Waals surface area (Å²) in [5.41, 5.74) is 15.3. The molecule has 0 fully saturated rings. The van der Waals surface area contributed by atoms with Gasteiger partial charge in [0.15, 0.2) is 11.4 Å². The number of benzene rings is 7. The molecule has 0 aliphatic heterocycles. The van der Waals surface area contributed by atoms with Gasteiger partial charge in [-0.3, -0.25) is 0 Å². The van der Waals surface area contributed by atoms with Crippen molar-refractivity contribution < 1.29 is 4.42 Å². The molecule has 10 rings (SSSR count). The van der Waals surface area contributed by atoms with Gasteiger partial charge in [-0.15, -0.1) is 0 Å². The van der Waals surface area contributed by atoms with E-state index in [-0.39, 0.29) is 0 Å². The topological polar surface area (TPSA) is 43.9 Å². The summed E-state index contributed by atoms with van der Waals surface area (Å²) in [4.78, 5) is 10.4. The van der Waals surface area contributed by atoms with E-state index in [0.717, 1.165) is 61.2 Å². The van der Waals surface area contributed by atoms with Crippen molar-refractivity contribution in [2.45, 2.75) is 13.8 Å². The second-order valence-corrected chi connectivity index (χ2v) is 13.6. The Morgan fingerprint density at radius 3 is 1.56 bits per heavy atom. The lowest BCUT2D eigenvalue weighted by atomic mass is 9.91. The Bertz CT molecular complexity index is 2840. The number of aryl methyl sites for hydroxylation is 2. The summed E-state index contributed by atoms with van der Waals surface area (Å²) in [6, 6.07) is 57.9. The number of nitrogens with zero attached hydrogens (tertiary/aromatic N) is 3. The molecule has 0 aliphatic carbocycles. The zero-order valence-electron chi connectivity index (χ0n) is 28.8. The van der Waals surface area contributed by atoms with Crippen molar-refractivity contribution in [3.8, 4) is 50.6 Å². The molecular weight excluding hydrogens is 635 g/mol. The molecule has 0 bridgehead atoms. The van der Waals surface area contributed by atoms with Crippen LogP contribution in [0.15, 0.2) is 168 Å². The summed E-state index contributed by atoms with van der Waals surface area (Å²) < 4.78 is 9.09. The second kappa shape index (κ2) is 11.9. The first-order chi connectivity index (χ1) is 25.6. The average Bonchev–Trinajstić information content (AvgIpc) is 3.73. The van der Waals surface area contributed by atoms with E-state index in [1.807, 2.05) is 36.4 Å². The molecule has 7 aromatic carbocycles. The number of fused-ring (bicyclic) bond motifs is 6. The molecule has 52 heavy (non-hydrogen) atoms. The smallest absolute Gasteiger partial charge is 0.180 e. The van der Waals surface area contributed by atoms with Crippen LogP contribution < -0.4 is 0 Å². The first-order valence-electron chi connectivity index (χ1n) is 17.7. The van der Waals surface area contributed by atoms with Gasteiger partial charge in [0.1, 0.15) is 16.8 Å². The van der Waals surface area contributed by atoms with Gasteiger partial charge >= 0.3 is 0 Å². The van der Waals surface area contributed by atoms with Gasteiger partial charge in [-0.1, -0.05) is 126 Å². The minimum absolute atomic E-state index is 0.661. The standard InChI is InChI=1S/C48H33N3O/c1-30-22-24-41-39(26-30)40-27-31(2)23-25-42(40)51(41)46-37(32-14-6-3-7-15-32)28-35(29-38(46)33-16-8-4-9-17-33)44-47-45(36-20-12-13-21-43(36)52-47)50-48(49-44)34-18-10-5-11-19-34/h3-29H,1-2H3. The van der Waals surface area contributed by atoms with Crippen LogP contribution in [0.4, 0.5) is 0 Å². The summed E-state index contributed by atoms with van der Waals surface area (Å²) in [5, 5.41) is 3.46. The zero-order chi connectivity index (χ0) is 34.8. The van der Waals surface area contributed by atoms with Crippen LogP contribution in [-0.4, -0.2) is 14.5 Å². The molecule has 0 spiro atoms. The Morgan fingerprint density at radius 2 is 0.981 bits per heavy atom. The first-order valence-corrected chi connectivity index (χ1v) is 17.7. The molecular formula is C48H33N3O. The highest BCUT2D eigenvalue weighted by atomic mass is 16.3. The lowest BCUT2D eigenvalue weighted by Crippen LogP contribution is -2.02. The van der Waals surface area contributed by atoms with Crippen LogP contribution in [-0.2, 0) is 0 Å². The highest BCUT2D eigenvalue weighted by Crippen LogP contribution is 2.45. The van der Waals surface area contributed by atoms with E-state index in [2.05, 4.69) is 146 Å². The SMILES string of the molecule is Cc1ccc2c(c1)c1cc(C)ccc1n2-c1c(-c2ccccc2)cc(-c2nc(-c3ccccc3)nc3c2oc2ccccc23)cc1-c1ccccc1. The molecule has 0 atom stereocenters. The van der Waals surface area contributed by atoms with Gasteiger partial charge in [-0.2, -0.15) is 0 Å². The van der Waals surface area contributed by atoms with E-state index in [1.165, 1.54) is 32.9 Å². The number of aromatic nitrogens is 3. The highest BCUT2D eigenvalue weighted by Gasteiger charge is 2.24. The van der Waals surface area contributed by atoms with Gasteiger partial charge in [0.2, 0.25) is 0 Å². The van der Waals surface area contributed by atoms with E-state index in [0.29, 0.717) is 11.4 Å². The van der Waals surface area contributed by atoms with Gasteiger partial charge in [-0.25, -0.2) is 9.97 Å². The maximum atomic E-state index is 6.63. The molecule has 4 heteroatoms. The van der Waals surface area contributed by atoms with Crippen LogP contribution in [0, 0.1) is 13.8 Å². The van der Waals surface area contributed by atoms with Gasteiger partial charge in [0.05, 0.1) is 16.7 Å². The molecule has 10 aromatic rings. The van der Waals surface area contributed by atoms with Crippen LogP contribution in [0.5, 0.6) is 0 Å². The Balaban J connectivity index is 1.37. The Labute approximate surface area is 301 Å². The number of rotatable bonds is 5. The predicted octanol–water partition coefficient (Wildman–Crippen LogP) is 12.8. The fraction of sp³-hybridized carbons (Fsp3) is 0.0417. The molecule has 246 valence electrons. The highest BCUT2D eigenvalue weighted by molar-refractivity contribution is 6.12. The Kier molecular flexibility index (Phi) is 6.90. The second-order valence-electron chi connectivity index (χ2n) is 13.6. The van der Waals surface area contributed by atoms with Crippen LogP contribution in [0.2, 0.25) is 0 Å². The van der Waals surface area contributed by atoms with Crippen molar-refractivity contribution in [1.29, 1.82) is 0 Å². The third-order valence-corrected chi connectivity index (χ3v) is 10.1. The minimum atomic E-state index is 0.661. The predicted molar refractivity (Wildman–Crippen MR) is 215 cm³/mol. The molecule has 3 aromatic heterocycles. The lowest BCUT2D eigenvalue weighted by molar-refractivity contribution is 0.667. The van der Waals surface area contributed by atoms with Crippen LogP contribution in [0.25, 0.3) is 94.5 Å². The molecule has 3 heterocycles. The van der Waals surface area contributed by atoms with Gasteiger partial charge in [0.25, 0.3) is 0 Å². The fourth-order valence-corrected chi connectivity index (χ4v) is 7.68. The third kappa shape index (κ3) is 4.84. The van der Waals surface area contributed by atoms with Crippen LogP contribution in [0.3, 0.4) is 0 Å². The Hall–Kier alpha value is -6.78. The molecule has 4 nitrogen and oxygen atoms in total. The number of furan rings is 1. The maximum Gasteiger partial charge on any atom is 0.180 e. The lowest BCUT2D eigenvalue weighted by Gasteiger charge is -2.21. The molecule has 0 N–H and O–H groups in total. The van der Waals surface area contributed by atoms with Gasteiger partial charge in [0, 0.05) is 38.4 Å². The summed E-state index contributed by atoms with van der Waals surface area (Å²) >= 11 is 0. The molecule has 0 saturated heterocycles. The van der Waals surface area contributed by atoms with Crippen LogP contribution in [0.1, 0.15) is 11.1 Å². The van der Waals surface area contributed by atoms with Crippen molar-refractivity contribution in [3.63, 3.8) is 0 Å². The molecule has 0 amide bonds. The Morgan fingerprint density at radius 1 is 0.462 bits per heavy atom. The molecule has 0 radical (unpaired) electrons. The van der Waals surface area contributed by atoms with Crippen molar-refractivity contribution in [2.24, 2.45) is 0 Å². The number of para-hydroxylation sites is 1. The average molecular weight is 668 g/mol. The minimum Gasteiger partial charge on any atom is -0.452 e. The van der Waals surface area contributed by atoms with Crippen molar-refractivity contribution in [3.05, 3.63) is 175 Å². The van der Waals surface area contributed by atoms with Crippen molar-refractivity contribution in [1.82, 2.24) is 14.5 Å². The number of hydrogen-bond donors (Lipinski definition) is 0. The summed E-state index contributed by atoms with van der Waals surface area (Å²) in [6.45, 7) is 4.34. The van der Waals surface area contributed by atoms with Crippen molar-refractivity contribution in [2.75, 3.05) is 0 Å². The van der Waals surface area contributed by atoms with E-state index in [1.54, 1.807) is 0 Å². The fourth-order valence-electron chi connectivity index (χ4n) is 7.68. The van der Waals surface area contributed by atoms with Crippen LogP contribution >= 0.6 is 0 Å². The maximum absolute atomic E-state index is 6.63. The molecule has 0 saturated carbocycles. The third-order valence-electron chi connectivity index (χ3n) is 10.1. The largest absolute Gasteiger partial charge is 0.452 e. The van der Waals surface area contributed by atoms with Crippen molar-refractivity contribution >= 4 is 43.9 Å². The van der Waals surface area contributed by atoms with E-state index < -0.39 is 0 Å². The molecule has 0 aliphatic rings. The quantitative estimate of drug-likeness (QED) is 0.183. The zero-order valence-corrected chi connectivity index (χ0v) is 28.8. The van der Waals surface area contributed by atoms with Gasteiger partial charge < -0.3 is 8.98 Å². The molecule has 0 unspecified atom stereocenters. The number of hydrogen-bond acceptors (Lipinski definition) is 3. The van der Waals surface area contributed by atoms with E-state index in [9.17, 15) is 0 Å². The van der Waals surface area contributed by atoms with E-state index >= 15 is 0 Å². The summed E-state index contributed by atoms with van der Waals surface area (Å²) in [7, 11) is 0. The monoisotopic (exact) mass is 667 g/mol.